The Hall–Kier alpha value is -2.57. The van der Waals surface area contributed by atoms with Crippen LogP contribution < -0.4 is 0 Å². The summed E-state index contributed by atoms with van der Waals surface area (Å²) in [5.41, 5.74) is 5.23. The lowest BCUT2D eigenvalue weighted by molar-refractivity contribution is 0.668. The zero-order valence-corrected chi connectivity index (χ0v) is 11.7. The molecule has 1 aliphatic rings. The normalized spacial score (nSPS) is 14.1. The van der Waals surface area contributed by atoms with E-state index in [2.05, 4.69) is 31.8 Å². The molecule has 1 aliphatic carbocycles. The SMILES string of the molecule is Cn1nccc1-c1nc2c(cc1-c1nn[nH]n1)CCCC2. The van der Waals surface area contributed by atoms with Crippen molar-refractivity contribution in [1.82, 2.24) is 35.4 Å². The summed E-state index contributed by atoms with van der Waals surface area (Å²) < 4.78 is 1.82. The molecule has 7 nitrogen and oxygen atoms in total. The van der Waals surface area contributed by atoms with Gasteiger partial charge in [0.25, 0.3) is 0 Å². The van der Waals surface area contributed by atoms with E-state index in [4.69, 9.17) is 4.98 Å². The standard InChI is InChI=1S/C14H15N7/c1-21-12(6-7-15-21)13-10(14-17-19-20-18-14)8-9-4-2-3-5-11(9)16-13/h6-8H,2-5H2,1H3,(H,17,18,19,20). The van der Waals surface area contributed by atoms with Gasteiger partial charge in [-0.2, -0.15) is 10.3 Å². The smallest absolute Gasteiger partial charge is 0.206 e. The third-order valence-electron chi connectivity index (χ3n) is 3.95. The van der Waals surface area contributed by atoms with Gasteiger partial charge in [-0.1, -0.05) is 0 Å². The van der Waals surface area contributed by atoms with Crippen LogP contribution >= 0.6 is 0 Å². The Morgan fingerprint density at radius 1 is 1.24 bits per heavy atom. The van der Waals surface area contributed by atoms with Gasteiger partial charge >= 0.3 is 0 Å². The highest BCUT2D eigenvalue weighted by molar-refractivity contribution is 5.76. The van der Waals surface area contributed by atoms with Gasteiger partial charge in [0.05, 0.1) is 17.0 Å². The Labute approximate surface area is 121 Å². The Kier molecular flexibility index (Phi) is 2.77. The minimum atomic E-state index is 0.576. The molecule has 1 N–H and O–H groups in total. The Morgan fingerprint density at radius 3 is 2.90 bits per heavy atom. The molecule has 3 heterocycles. The van der Waals surface area contributed by atoms with E-state index < -0.39 is 0 Å². The van der Waals surface area contributed by atoms with Crippen molar-refractivity contribution in [3.63, 3.8) is 0 Å². The lowest BCUT2D eigenvalue weighted by Gasteiger charge is -2.17. The van der Waals surface area contributed by atoms with E-state index >= 15 is 0 Å². The van der Waals surface area contributed by atoms with Crippen molar-refractivity contribution < 1.29 is 0 Å². The third kappa shape index (κ3) is 2.01. The first-order chi connectivity index (χ1) is 10.3. The second-order valence-corrected chi connectivity index (χ2v) is 5.27. The number of hydrogen-bond donors (Lipinski definition) is 1. The molecular weight excluding hydrogens is 266 g/mol. The zero-order valence-electron chi connectivity index (χ0n) is 11.7. The van der Waals surface area contributed by atoms with Crippen LogP contribution in [0.25, 0.3) is 22.8 Å². The van der Waals surface area contributed by atoms with Crippen LogP contribution in [0.3, 0.4) is 0 Å². The van der Waals surface area contributed by atoms with E-state index in [0.717, 1.165) is 29.8 Å². The highest BCUT2D eigenvalue weighted by Gasteiger charge is 2.20. The zero-order chi connectivity index (χ0) is 14.2. The molecule has 0 bridgehead atoms. The van der Waals surface area contributed by atoms with Gasteiger partial charge in [0.1, 0.15) is 0 Å². The number of pyridine rings is 1. The van der Waals surface area contributed by atoms with Crippen LogP contribution in [0, 0.1) is 0 Å². The molecule has 0 saturated heterocycles. The van der Waals surface area contributed by atoms with Gasteiger partial charge in [0, 0.05) is 18.9 Å². The molecule has 7 heteroatoms. The molecule has 3 aromatic heterocycles. The summed E-state index contributed by atoms with van der Waals surface area (Å²) in [4.78, 5) is 4.89. The molecule has 21 heavy (non-hydrogen) atoms. The minimum Gasteiger partial charge on any atom is -0.266 e. The number of hydrogen-bond acceptors (Lipinski definition) is 5. The number of aromatic nitrogens is 7. The number of nitrogens with one attached hydrogen (secondary N) is 1. The Balaban J connectivity index is 1.97. The molecule has 4 rings (SSSR count). The van der Waals surface area contributed by atoms with Gasteiger partial charge < -0.3 is 0 Å². The van der Waals surface area contributed by atoms with Crippen LogP contribution in [0.5, 0.6) is 0 Å². The van der Waals surface area contributed by atoms with Crippen molar-refractivity contribution in [2.75, 3.05) is 0 Å². The van der Waals surface area contributed by atoms with E-state index in [1.54, 1.807) is 6.20 Å². The monoisotopic (exact) mass is 281 g/mol. The summed E-state index contributed by atoms with van der Waals surface area (Å²) in [6.45, 7) is 0. The number of tetrazole rings is 1. The number of nitrogens with zero attached hydrogens (tertiary/aromatic N) is 6. The maximum atomic E-state index is 4.89. The van der Waals surface area contributed by atoms with E-state index in [-0.39, 0.29) is 0 Å². The maximum absolute atomic E-state index is 4.89. The second kappa shape index (κ2) is 4.76. The average molecular weight is 281 g/mol. The van der Waals surface area contributed by atoms with Gasteiger partial charge in [0.2, 0.25) is 5.82 Å². The van der Waals surface area contributed by atoms with Crippen molar-refractivity contribution in [2.45, 2.75) is 25.7 Å². The summed E-state index contributed by atoms with van der Waals surface area (Å²) in [6.07, 6.45) is 6.29. The molecule has 0 spiro atoms. The van der Waals surface area contributed by atoms with Crippen LogP contribution in [-0.4, -0.2) is 35.4 Å². The predicted molar refractivity (Wildman–Crippen MR) is 76.3 cm³/mol. The van der Waals surface area contributed by atoms with Gasteiger partial charge in [-0.15, -0.1) is 10.2 Å². The van der Waals surface area contributed by atoms with E-state index in [1.807, 2.05) is 17.8 Å². The lowest BCUT2D eigenvalue weighted by Crippen LogP contribution is -2.08. The van der Waals surface area contributed by atoms with E-state index in [1.165, 1.54) is 24.1 Å². The molecule has 3 aromatic rings. The molecule has 106 valence electrons. The molecule has 0 unspecified atom stereocenters. The Morgan fingerprint density at radius 2 is 2.14 bits per heavy atom. The molecule has 0 saturated carbocycles. The molecule has 0 aliphatic heterocycles. The minimum absolute atomic E-state index is 0.576. The molecule has 0 fully saturated rings. The molecule has 0 aromatic carbocycles. The fourth-order valence-electron chi connectivity index (χ4n) is 2.88. The first-order valence-electron chi connectivity index (χ1n) is 7.08. The summed E-state index contributed by atoms with van der Waals surface area (Å²) in [6, 6.07) is 4.12. The maximum Gasteiger partial charge on any atom is 0.206 e. The Bertz CT molecular complexity index is 773. The third-order valence-corrected chi connectivity index (χ3v) is 3.95. The van der Waals surface area contributed by atoms with Crippen LogP contribution in [0.1, 0.15) is 24.1 Å². The van der Waals surface area contributed by atoms with Crippen molar-refractivity contribution in [2.24, 2.45) is 7.05 Å². The fourth-order valence-corrected chi connectivity index (χ4v) is 2.88. The van der Waals surface area contributed by atoms with Crippen molar-refractivity contribution in [1.29, 1.82) is 0 Å². The van der Waals surface area contributed by atoms with Gasteiger partial charge in [-0.3, -0.25) is 9.67 Å². The highest BCUT2D eigenvalue weighted by atomic mass is 15.5. The number of rotatable bonds is 2. The number of aromatic amines is 1. The van der Waals surface area contributed by atoms with Crippen LogP contribution in [0.2, 0.25) is 0 Å². The molecular formula is C14H15N7. The van der Waals surface area contributed by atoms with Gasteiger partial charge in [0.15, 0.2) is 0 Å². The first kappa shape index (κ1) is 12.2. The molecule has 0 radical (unpaired) electrons. The first-order valence-corrected chi connectivity index (χ1v) is 7.08. The van der Waals surface area contributed by atoms with Gasteiger partial charge in [-0.05, 0) is 48.6 Å². The van der Waals surface area contributed by atoms with Crippen LogP contribution in [-0.2, 0) is 19.9 Å². The highest BCUT2D eigenvalue weighted by Crippen LogP contribution is 2.32. The van der Waals surface area contributed by atoms with Crippen LogP contribution in [0.4, 0.5) is 0 Å². The summed E-state index contributed by atoms with van der Waals surface area (Å²) in [7, 11) is 1.91. The van der Waals surface area contributed by atoms with Crippen molar-refractivity contribution in [3.8, 4) is 22.8 Å². The number of aryl methyl sites for hydroxylation is 3. The average Bonchev–Trinajstić information content (AvgIpc) is 3.17. The van der Waals surface area contributed by atoms with E-state index in [9.17, 15) is 0 Å². The largest absolute Gasteiger partial charge is 0.266 e. The number of fused-ring (bicyclic) bond motifs is 1. The van der Waals surface area contributed by atoms with Crippen molar-refractivity contribution in [3.05, 3.63) is 29.6 Å². The summed E-state index contributed by atoms with van der Waals surface area (Å²) in [5.74, 6) is 0.576. The fraction of sp³-hybridized carbons (Fsp3) is 0.357. The quantitative estimate of drug-likeness (QED) is 0.770. The van der Waals surface area contributed by atoms with Gasteiger partial charge in [-0.25, -0.2) is 0 Å². The summed E-state index contributed by atoms with van der Waals surface area (Å²) in [5, 5.41) is 18.7. The number of H-pyrrole nitrogens is 1. The predicted octanol–water partition coefficient (Wildman–Crippen LogP) is 1.54. The van der Waals surface area contributed by atoms with Crippen LogP contribution in [0.15, 0.2) is 18.3 Å². The van der Waals surface area contributed by atoms with Crippen molar-refractivity contribution >= 4 is 0 Å². The topological polar surface area (TPSA) is 85.2 Å². The van der Waals surface area contributed by atoms with E-state index in [0.29, 0.717) is 5.82 Å². The molecule has 0 amide bonds. The second-order valence-electron chi connectivity index (χ2n) is 5.27. The summed E-state index contributed by atoms with van der Waals surface area (Å²) >= 11 is 0. The molecule has 0 atom stereocenters. The lowest BCUT2D eigenvalue weighted by atomic mass is 9.93.